The maximum atomic E-state index is 4.17. The molecule has 0 radical (unpaired) electrons. The van der Waals surface area contributed by atoms with Gasteiger partial charge in [-0.05, 0) is 99.8 Å². The standard InChI is InChI=1S/C55H46N2/c1-7-19-36-42-30-46-40(34-20-9-14-25-44(34)54(46,3)4)32-52(42)56(48(36)8-2)49-27-16-11-22-37(49)38-23-12-17-28-50(38)57-51-29-18-13-24-39(51)43-31-47-41(33-53(43)57)35-21-10-15-26-45(35)55(47,5)6/h7-23,25-33,39H,1,24H2,2-6H3/b36-19-,48-8+/t39-/m1/s1. The molecule has 11 rings (SSSR count). The van der Waals surface area contributed by atoms with Gasteiger partial charge in [0.25, 0.3) is 0 Å². The van der Waals surface area contributed by atoms with Gasteiger partial charge < -0.3 is 9.47 Å². The molecular formula is C55H46N2. The van der Waals surface area contributed by atoms with Crippen LogP contribution in [0.4, 0.5) is 11.4 Å². The topological polar surface area (TPSA) is 8.17 Å². The second-order valence-corrected chi connectivity index (χ2v) is 17.2. The number of hydrogen-bond acceptors (Lipinski definition) is 1. The van der Waals surface area contributed by atoms with Crippen LogP contribution < -0.4 is 15.5 Å². The highest BCUT2D eigenvalue weighted by Gasteiger charge is 2.42. The summed E-state index contributed by atoms with van der Waals surface area (Å²) in [5.41, 5.74) is 20.9. The Balaban J connectivity index is 1.16. The van der Waals surface area contributed by atoms with Gasteiger partial charge in [-0.2, -0.15) is 0 Å². The zero-order chi connectivity index (χ0) is 38.8. The fourth-order valence-corrected chi connectivity index (χ4v) is 10.9. The summed E-state index contributed by atoms with van der Waals surface area (Å²) in [5.74, 6) is 0.305. The van der Waals surface area contributed by atoms with E-state index in [1.807, 2.05) is 6.08 Å². The average molecular weight is 735 g/mol. The number of nitrogens with zero attached hydrogens (tertiary/aromatic N) is 2. The third-order valence-electron chi connectivity index (χ3n) is 13.6. The van der Waals surface area contributed by atoms with E-state index in [2.05, 4.69) is 202 Å². The summed E-state index contributed by atoms with van der Waals surface area (Å²) in [4.78, 5) is 2.58. The molecule has 276 valence electrons. The molecule has 57 heavy (non-hydrogen) atoms. The lowest BCUT2D eigenvalue weighted by Crippen LogP contribution is -2.28. The Kier molecular flexibility index (Phi) is 7.18. The second-order valence-electron chi connectivity index (χ2n) is 17.2. The highest BCUT2D eigenvalue weighted by molar-refractivity contribution is 5.97. The van der Waals surface area contributed by atoms with Gasteiger partial charge in [-0.1, -0.05) is 156 Å². The Morgan fingerprint density at radius 3 is 1.86 bits per heavy atom. The molecule has 3 aliphatic carbocycles. The number of fused-ring (bicyclic) bond motifs is 10. The van der Waals surface area contributed by atoms with E-state index in [0.717, 1.165) is 12.1 Å². The number of para-hydroxylation sites is 2. The summed E-state index contributed by atoms with van der Waals surface area (Å²) in [5, 5.41) is 3.62. The van der Waals surface area contributed by atoms with Crippen LogP contribution in [0, 0.1) is 0 Å². The van der Waals surface area contributed by atoms with Crippen molar-refractivity contribution >= 4 is 34.4 Å². The molecule has 4 aliphatic rings. The minimum Gasteiger partial charge on any atom is -0.313 e. The van der Waals surface area contributed by atoms with Gasteiger partial charge in [-0.3, -0.25) is 0 Å². The van der Waals surface area contributed by atoms with E-state index >= 15 is 0 Å². The quantitative estimate of drug-likeness (QED) is 0.175. The molecule has 0 saturated heterocycles. The number of benzene rings is 6. The molecule has 0 N–H and O–H groups in total. The van der Waals surface area contributed by atoms with Crippen LogP contribution in [0.3, 0.4) is 0 Å². The molecule has 0 fully saturated rings. The Bertz CT molecular complexity index is 3090. The lowest BCUT2D eigenvalue weighted by molar-refractivity contribution is 0.658. The molecular weight excluding hydrogens is 689 g/mol. The van der Waals surface area contributed by atoms with E-state index in [0.29, 0.717) is 5.92 Å². The van der Waals surface area contributed by atoms with Crippen LogP contribution in [0.15, 0.2) is 158 Å². The molecule has 0 spiro atoms. The van der Waals surface area contributed by atoms with Gasteiger partial charge in [0, 0.05) is 49.5 Å². The maximum absolute atomic E-state index is 4.17. The first-order valence-corrected chi connectivity index (χ1v) is 20.5. The van der Waals surface area contributed by atoms with Crippen LogP contribution in [-0.2, 0) is 10.8 Å². The van der Waals surface area contributed by atoms with Crippen molar-refractivity contribution in [2.24, 2.45) is 0 Å². The number of aromatic nitrogens is 1. The van der Waals surface area contributed by atoms with Crippen molar-refractivity contribution < 1.29 is 0 Å². The van der Waals surface area contributed by atoms with Crippen molar-refractivity contribution in [2.75, 3.05) is 4.90 Å². The Hall–Kier alpha value is -6.38. The average Bonchev–Trinajstić information content (AvgIpc) is 3.88. The number of allylic oxidation sites excluding steroid dienone is 5. The van der Waals surface area contributed by atoms with Crippen LogP contribution >= 0.6 is 0 Å². The molecule has 2 heterocycles. The predicted octanol–water partition coefficient (Wildman–Crippen LogP) is 12.8. The van der Waals surface area contributed by atoms with Crippen LogP contribution in [0.2, 0.25) is 0 Å². The van der Waals surface area contributed by atoms with Gasteiger partial charge in [0.2, 0.25) is 0 Å². The van der Waals surface area contributed by atoms with E-state index < -0.39 is 0 Å². The zero-order valence-electron chi connectivity index (χ0n) is 33.4. The minimum absolute atomic E-state index is 0.0486. The summed E-state index contributed by atoms with van der Waals surface area (Å²) in [6.07, 6.45) is 14.3. The maximum Gasteiger partial charge on any atom is 0.0547 e. The molecule has 7 aromatic rings. The Morgan fingerprint density at radius 1 is 0.614 bits per heavy atom. The molecule has 0 bridgehead atoms. The molecule has 0 saturated carbocycles. The van der Waals surface area contributed by atoms with Crippen molar-refractivity contribution in [3.8, 4) is 39.1 Å². The Morgan fingerprint density at radius 2 is 1.19 bits per heavy atom. The van der Waals surface area contributed by atoms with E-state index in [1.165, 1.54) is 99.7 Å². The summed E-state index contributed by atoms with van der Waals surface area (Å²) >= 11 is 0. The molecule has 2 nitrogen and oxygen atoms in total. The van der Waals surface area contributed by atoms with Crippen molar-refractivity contribution in [1.29, 1.82) is 0 Å². The molecule has 1 aromatic heterocycles. The van der Waals surface area contributed by atoms with Crippen LogP contribution in [0.1, 0.15) is 74.8 Å². The SMILES string of the molecule is C=C/C=c1\c(=C/C)n(-c2ccccc2-c2ccccc2N2C3=CC=CC[C@@H]3c3cc4c(cc32)-c2ccccc2C4(C)C)c2cc3c(cc12)C(C)(C)c1ccccc1-3. The summed E-state index contributed by atoms with van der Waals surface area (Å²) in [7, 11) is 0. The predicted molar refractivity (Wildman–Crippen MR) is 241 cm³/mol. The first kappa shape index (κ1) is 33.9. The lowest BCUT2D eigenvalue weighted by atomic mass is 9.80. The van der Waals surface area contributed by atoms with Crippen LogP contribution in [0.25, 0.3) is 62.1 Å². The summed E-state index contributed by atoms with van der Waals surface area (Å²) < 4.78 is 2.50. The zero-order valence-corrected chi connectivity index (χ0v) is 33.4. The smallest absolute Gasteiger partial charge is 0.0547 e. The van der Waals surface area contributed by atoms with E-state index in [9.17, 15) is 0 Å². The monoisotopic (exact) mass is 734 g/mol. The number of rotatable bonds is 4. The molecule has 0 amide bonds. The fraction of sp³-hybridized carbons (Fsp3) is 0.164. The highest BCUT2D eigenvalue weighted by Crippen LogP contribution is 2.58. The summed E-state index contributed by atoms with van der Waals surface area (Å²) in [6.45, 7) is 15.8. The minimum atomic E-state index is -0.0918. The van der Waals surface area contributed by atoms with Gasteiger partial charge in [-0.15, -0.1) is 0 Å². The number of hydrogen-bond donors (Lipinski definition) is 0. The highest BCUT2D eigenvalue weighted by atomic mass is 15.2. The largest absolute Gasteiger partial charge is 0.313 e. The fourth-order valence-electron chi connectivity index (χ4n) is 10.9. The molecule has 6 aromatic carbocycles. The van der Waals surface area contributed by atoms with Crippen molar-refractivity contribution in [3.05, 3.63) is 196 Å². The molecule has 1 atom stereocenters. The van der Waals surface area contributed by atoms with Gasteiger partial charge in [0.1, 0.15) is 0 Å². The second kappa shape index (κ2) is 12.1. The lowest BCUT2D eigenvalue weighted by Gasteiger charge is -2.28. The van der Waals surface area contributed by atoms with E-state index in [-0.39, 0.29) is 10.8 Å². The number of anilines is 2. The van der Waals surface area contributed by atoms with Crippen molar-refractivity contribution in [1.82, 2.24) is 4.57 Å². The third-order valence-corrected chi connectivity index (χ3v) is 13.6. The molecule has 2 heteroatoms. The van der Waals surface area contributed by atoms with Crippen LogP contribution in [-0.4, -0.2) is 4.57 Å². The first-order chi connectivity index (χ1) is 27.7. The Labute approximate surface area is 335 Å². The van der Waals surface area contributed by atoms with Crippen molar-refractivity contribution in [2.45, 2.75) is 57.8 Å². The normalized spacial score (nSPS) is 18.2. The van der Waals surface area contributed by atoms with Gasteiger partial charge in [-0.25, -0.2) is 0 Å². The molecule has 0 unspecified atom stereocenters. The third kappa shape index (κ3) is 4.53. The first-order valence-electron chi connectivity index (χ1n) is 20.5. The summed E-state index contributed by atoms with van der Waals surface area (Å²) in [6, 6.07) is 45.9. The van der Waals surface area contributed by atoms with E-state index in [1.54, 1.807) is 0 Å². The van der Waals surface area contributed by atoms with Gasteiger partial charge in [0.05, 0.1) is 22.6 Å². The van der Waals surface area contributed by atoms with Crippen LogP contribution in [0.5, 0.6) is 0 Å². The van der Waals surface area contributed by atoms with Gasteiger partial charge >= 0.3 is 0 Å². The van der Waals surface area contributed by atoms with E-state index in [4.69, 9.17) is 0 Å². The molecule has 1 aliphatic heterocycles. The van der Waals surface area contributed by atoms with Gasteiger partial charge in [0.15, 0.2) is 0 Å². The van der Waals surface area contributed by atoms with Crippen molar-refractivity contribution in [3.63, 3.8) is 0 Å².